The first-order valence-electron chi connectivity index (χ1n) is 8.85. The maximum absolute atomic E-state index is 12.6. The van der Waals surface area contributed by atoms with Gasteiger partial charge in [0.2, 0.25) is 5.91 Å². The van der Waals surface area contributed by atoms with E-state index in [9.17, 15) is 18.0 Å². The molecule has 9 heteroatoms. The van der Waals surface area contributed by atoms with Crippen molar-refractivity contribution in [2.24, 2.45) is 0 Å². The van der Waals surface area contributed by atoms with Crippen LogP contribution in [0.2, 0.25) is 0 Å². The topological polar surface area (TPSA) is 104 Å². The summed E-state index contributed by atoms with van der Waals surface area (Å²) in [6.45, 7) is -0.248. The number of benzene rings is 3. The summed E-state index contributed by atoms with van der Waals surface area (Å²) in [6, 6.07) is 21.1. The Morgan fingerprint density at radius 3 is 2.23 bits per heavy atom. The molecule has 3 aromatic rings. The Balaban J connectivity index is 1.62. The smallest absolute Gasteiger partial charge is 0.261 e. The average Bonchev–Trinajstić information content (AvgIpc) is 2.74. The third-order valence-electron chi connectivity index (χ3n) is 3.97. The molecular weight excluding hydrogens is 470 g/mol. The standard InChI is InChI=1S/C21H18BrN3O4S/c22-16-9-11-17(12-10-16)25-30(28,29)19-8-4-7-18(13-19)24-20(26)14-23-21(27)15-5-2-1-3-6-15/h1-13,25H,14H2,(H,23,27)(H,24,26). The molecule has 0 saturated carbocycles. The Labute approximate surface area is 182 Å². The van der Waals surface area contributed by atoms with Crippen LogP contribution in [-0.2, 0) is 14.8 Å². The fraction of sp³-hybridized carbons (Fsp3) is 0.0476. The Kier molecular flexibility index (Phi) is 6.86. The summed E-state index contributed by atoms with van der Waals surface area (Å²) in [5, 5.41) is 5.10. The molecule has 0 fully saturated rings. The normalized spacial score (nSPS) is 10.8. The van der Waals surface area contributed by atoms with E-state index < -0.39 is 15.9 Å². The molecule has 3 N–H and O–H groups in total. The molecule has 0 bridgehead atoms. The molecule has 0 heterocycles. The van der Waals surface area contributed by atoms with Gasteiger partial charge in [-0.1, -0.05) is 40.2 Å². The molecule has 0 aromatic heterocycles. The number of sulfonamides is 1. The summed E-state index contributed by atoms with van der Waals surface area (Å²) >= 11 is 3.29. The van der Waals surface area contributed by atoms with E-state index >= 15 is 0 Å². The van der Waals surface area contributed by atoms with Gasteiger partial charge in [-0.2, -0.15) is 0 Å². The molecule has 0 unspecified atom stereocenters. The fourth-order valence-electron chi connectivity index (χ4n) is 2.53. The van der Waals surface area contributed by atoms with Crippen molar-refractivity contribution in [3.05, 3.63) is 88.9 Å². The van der Waals surface area contributed by atoms with Crippen LogP contribution in [-0.4, -0.2) is 26.8 Å². The highest BCUT2D eigenvalue weighted by molar-refractivity contribution is 9.10. The quantitative estimate of drug-likeness (QED) is 0.473. The zero-order valence-corrected chi connectivity index (χ0v) is 18.0. The first kappa shape index (κ1) is 21.5. The number of carbonyl (C=O) groups is 2. The maximum atomic E-state index is 12.6. The molecule has 0 aliphatic carbocycles. The van der Waals surface area contributed by atoms with E-state index in [1.54, 1.807) is 60.7 Å². The number of hydrogen-bond acceptors (Lipinski definition) is 4. The van der Waals surface area contributed by atoms with E-state index in [0.717, 1.165) is 4.47 Å². The largest absolute Gasteiger partial charge is 0.343 e. The third kappa shape index (κ3) is 5.91. The van der Waals surface area contributed by atoms with Crippen molar-refractivity contribution in [3.63, 3.8) is 0 Å². The van der Waals surface area contributed by atoms with Crippen LogP contribution in [0, 0.1) is 0 Å². The molecule has 0 spiro atoms. The SMILES string of the molecule is O=C(CNC(=O)c1ccccc1)Nc1cccc(S(=O)(=O)Nc2ccc(Br)cc2)c1. The van der Waals surface area contributed by atoms with E-state index in [4.69, 9.17) is 0 Å². The Bertz CT molecular complexity index is 1150. The van der Waals surface area contributed by atoms with Crippen molar-refractivity contribution in [3.8, 4) is 0 Å². The lowest BCUT2D eigenvalue weighted by Crippen LogP contribution is -2.32. The van der Waals surface area contributed by atoms with E-state index in [1.165, 1.54) is 18.2 Å². The monoisotopic (exact) mass is 487 g/mol. The second-order valence-electron chi connectivity index (χ2n) is 6.24. The van der Waals surface area contributed by atoms with Gasteiger partial charge in [0.25, 0.3) is 15.9 Å². The summed E-state index contributed by atoms with van der Waals surface area (Å²) in [6.07, 6.45) is 0. The second kappa shape index (κ2) is 9.55. The molecule has 0 aliphatic rings. The van der Waals surface area contributed by atoms with Gasteiger partial charge in [-0.3, -0.25) is 14.3 Å². The highest BCUT2D eigenvalue weighted by atomic mass is 79.9. The van der Waals surface area contributed by atoms with Crippen LogP contribution in [0.15, 0.2) is 88.2 Å². The van der Waals surface area contributed by atoms with Gasteiger partial charge < -0.3 is 10.6 Å². The molecule has 3 rings (SSSR count). The van der Waals surface area contributed by atoms with Crippen molar-refractivity contribution >= 4 is 49.1 Å². The zero-order valence-electron chi connectivity index (χ0n) is 15.6. The Hall–Kier alpha value is -3.17. The lowest BCUT2D eigenvalue weighted by molar-refractivity contribution is -0.115. The van der Waals surface area contributed by atoms with Crippen LogP contribution in [0.1, 0.15) is 10.4 Å². The zero-order chi connectivity index (χ0) is 21.6. The van der Waals surface area contributed by atoms with E-state index in [2.05, 4.69) is 31.3 Å². The van der Waals surface area contributed by atoms with Crippen molar-refractivity contribution in [2.75, 3.05) is 16.6 Å². The van der Waals surface area contributed by atoms with Crippen LogP contribution < -0.4 is 15.4 Å². The molecule has 0 saturated heterocycles. The summed E-state index contributed by atoms with van der Waals surface area (Å²) in [4.78, 5) is 24.1. The molecule has 0 radical (unpaired) electrons. The average molecular weight is 488 g/mol. The molecule has 30 heavy (non-hydrogen) atoms. The summed E-state index contributed by atoms with van der Waals surface area (Å²) in [5.74, 6) is -0.851. The number of hydrogen-bond donors (Lipinski definition) is 3. The van der Waals surface area contributed by atoms with Crippen LogP contribution in [0.4, 0.5) is 11.4 Å². The van der Waals surface area contributed by atoms with Gasteiger partial charge in [-0.25, -0.2) is 8.42 Å². The predicted molar refractivity (Wildman–Crippen MR) is 119 cm³/mol. The van der Waals surface area contributed by atoms with E-state index in [0.29, 0.717) is 16.9 Å². The highest BCUT2D eigenvalue weighted by Crippen LogP contribution is 2.20. The number of amides is 2. The minimum Gasteiger partial charge on any atom is -0.343 e. The van der Waals surface area contributed by atoms with Crippen LogP contribution in [0.25, 0.3) is 0 Å². The Morgan fingerprint density at radius 2 is 1.53 bits per heavy atom. The minimum atomic E-state index is -3.83. The van der Waals surface area contributed by atoms with E-state index in [-0.39, 0.29) is 17.3 Å². The van der Waals surface area contributed by atoms with Crippen LogP contribution in [0.3, 0.4) is 0 Å². The summed E-state index contributed by atoms with van der Waals surface area (Å²) in [7, 11) is -3.83. The van der Waals surface area contributed by atoms with Gasteiger partial charge in [0.15, 0.2) is 0 Å². The lowest BCUT2D eigenvalue weighted by atomic mass is 10.2. The van der Waals surface area contributed by atoms with Gasteiger partial charge in [0, 0.05) is 21.4 Å². The van der Waals surface area contributed by atoms with Gasteiger partial charge in [0.1, 0.15) is 0 Å². The number of rotatable bonds is 7. The first-order valence-corrected chi connectivity index (χ1v) is 11.1. The molecular formula is C21H18BrN3O4S. The number of nitrogens with one attached hydrogen (secondary N) is 3. The van der Waals surface area contributed by atoms with Crippen molar-refractivity contribution in [1.29, 1.82) is 0 Å². The predicted octanol–water partition coefficient (Wildman–Crippen LogP) is 3.62. The number of carbonyl (C=O) groups excluding carboxylic acids is 2. The van der Waals surface area contributed by atoms with Crippen LogP contribution in [0.5, 0.6) is 0 Å². The number of halogens is 1. The van der Waals surface area contributed by atoms with Gasteiger partial charge >= 0.3 is 0 Å². The molecule has 154 valence electrons. The summed E-state index contributed by atoms with van der Waals surface area (Å²) in [5.41, 5.74) is 1.15. The molecule has 0 aliphatic heterocycles. The van der Waals surface area contributed by atoms with E-state index in [1.807, 2.05) is 0 Å². The van der Waals surface area contributed by atoms with Crippen molar-refractivity contribution in [1.82, 2.24) is 5.32 Å². The molecule has 2 amide bonds. The third-order valence-corrected chi connectivity index (χ3v) is 5.88. The lowest BCUT2D eigenvalue weighted by Gasteiger charge is -2.11. The highest BCUT2D eigenvalue weighted by Gasteiger charge is 2.15. The molecule has 0 atom stereocenters. The minimum absolute atomic E-state index is 0.00320. The summed E-state index contributed by atoms with van der Waals surface area (Å²) < 4.78 is 28.5. The van der Waals surface area contributed by atoms with Gasteiger partial charge in [-0.05, 0) is 54.6 Å². The van der Waals surface area contributed by atoms with Crippen molar-refractivity contribution in [2.45, 2.75) is 4.90 Å². The van der Waals surface area contributed by atoms with Crippen molar-refractivity contribution < 1.29 is 18.0 Å². The van der Waals surface area contributed by atoms with Crippen LogP contribution >= 0.6 is 15.9 Å². The number of anilines is 2. The second-order valence-corrected chi connectivity index (χ2v) is 8.84. The maximum Gasteiger partial charge on any atom is 0.261 e. The Morgan fingerprint density at radius 1 is 0.833 bits per heavy atom. The first-order chi connectivity index (χ1) is 14.3. The molecule has 3 aromatic carbocycles. The fourth-order valence-corrected chi connectivity index (χ4v) is 3.90. The molecule has 7 nitrogen and oxygen atoms in total. The van der Waals surface area contributed by atoms with Gasteiger partial charge in [0.05, 0.1) is 11.4 Å². The van der Waals surface area contributed by atoms with Gasteiger partial charge in [-0.15, -0.1) is 0 Å².